The Morgan fingerprint density at radius 1 is 0.912 bits per heavy atom. The van der Waals surface area contributed by atoms with E-state index in [1.54, 1.807) is 36.4 Å². The van der Waals surface area contributed by atoms with E-state index in [4.69, 9.17) is 4.74 Å². The number of hydrogen-bond acceptors (Lipinski definition) is 5. The number of fused-ring (bicyclic) bond motifs is 2. The molecule has 2 amide bonds. The molecule has 174 valence electrons. The van der Waals surface area contributed by atoms with Gasteiger partial charge < -0.3 is 15.4 Å². The number of nitrogens with zero attached hydrogens (tertiary/aromatic N) is 1. The summed E-state index contributed by atoms with van der Waals surface area (Å²) in [6, 6.07) is 17.8. The minimum atomic E-state index is -3.56. The fourth-order valence-electron chi connectivity index (χ4n) is 4.08. The molecule has 0 bridgehead atoms. The van der Waals surface area contributed by atoms with Crippen molar-refractivity contribution in [1.29, 1.82) is 0 Å². The van der Waals surface area contributed by atoms with Crippen molar-refractivity contribution < 1.29 is 22.7 Å². The normalized spacial score (nSPS) is 15.8. The largest absolute Gasteiger partial charge is 0.454 e. The number of sulfonamides is 1. The predicted octanol–water partition coefficient (Wildman–Crippen LogP) is 4.47. The van der Waals surface area contributed by atoms with Crippen LogP contribution in [0.15, 0.2) is 71.6 Å². The molecular weight excluding hydrogens is 454 g/mol. The topological polar surface area (TPSA) is 105 Å². The van der Waals surface area contributed by atoms with Crippen molar-refractivity contribution >= 4 is 33.2 Å². The fourth-order valence-corrected chi connectivity index (χ4v) is 5.59. The zero-order valence-electron chi connectivity index (χ0n) is 18.3. The molecule has 0 radical (unpaired) electrons. The summed E-state index contributed by atoms with van der Waals surface area (Å²) < 4.78 is 33.0. The minimum absolute atomic E-state index is 0.171. The molecule has 3 aromatic rings. The molecule has 0 aromatic heterocycles. The van der Waals surface area contributed by atoms with Gasteiger partial charge in [0, 0.05) is 24.3 Å². The zero-order valence-corrected chi connectivity index (χ0v) is 19.1. The average Bonchev–Trinajstić information content (AvgIpc) is 3.00. The quantitative estimate of drug-likeness (QED) is 0.577. The van der Waals surface area contributed by atoms with Crippen molar-refractivity contribution in [3.63, 3.8) is 0 Å². The van der Waals surface area contributed by atoms with E-state index in [0.717, 1.165) is 19.3 Å². The number of hydrogen-bond donors (Lipinski definition) is 2. The van der Waals surface area contributed by atoms with Gasteiger partial charge in [-0.05, 0) is 67.4 Å². The maximum atomic E-state index is 12.8. The van der Waals surface area contributed by atoms with Crippen molar-refractivity contribution in [3.05, 3.63) is 77.9 Å². The van der Waals surface area contributed by atoms with E-state index in [1.165, 1.54) is 28.6 Å². The van der Waals surface area contributed by atoms with Crippen LogP contribution >= 0.6 is 0 Å². The van der Waals surface area contributed by atoms with Crippen LogP contribution in [0.5, 0.6) is 11.5 Å². The molecular formula is C25H23N3O5S. The molecule has 0 spiro atoms. The monoisotopic (exact) mass is 477 g/mol. The van der Waals surface area contributed by atoms with Crippen LogP contribution in [0.3, 0.4) is 0 Å². The van der Waals surface area contributed by atoms with Crippen molar-refractivity contribution in [3.8, 4) is 11.5 Å². The smallest absolute Gasteiger partial charge is 0.259 e. The third-order valence-corrected chi connectivity index (χ3v) is 7.82. The van der Waals surface area contributed by atoms with Crippen molar-refractivity contribution in [2.75, 3.05) is 23.7 Å². The van der Waals surface area contributed by atoms with Crippen LogP contribution in [0, 0.1) is 0 Å². The maximum absolute atomic E-state index is 12.8. The van der Waals surface area contributed by atoms with Gasteiger partial charge in [0.25, 0.3) is 11.8 Å². The molecule has 0 saturated carbocycles. The lowest BCUT2D eigenvalue weighted by Crippen LogP contribution is -2.35. The summed E-state index contributed by atoms with van der Waals surface area (Å²) in [5, 5.41) is 5.56. The molecule has 3 aromatic carbocycles. The van der Waals surface area contributed by atoms with Crippen molar-refractivity contribution in [2.45, 2.75) is 24.2 Å². The minimum Gasteiger partial charge on any atom is -0.454 e. The number of piperidine rings is 1. The summed E-state index contributed by atoms with van der Waals surface area (Å²) in [5.41, 5.74) is 1.57. The number of ether oxygens (including phenoxy) is 1. The third-order valence-electron chi connectivity index (χ3n) is 5.91. The van der Waals surface area contributed by atoms with E-state index < -0.39 is 15.9 Å². The SMILES string of the molecule is O=C(Nc1ccc2c(c1)C(=O)Nc1ccccc1O2)c1ccc(S(=O)(=O)N2CCCCC2)cc1. The summed E-state index contributed by atoms with van der Waals surface area (Å²) in [4.78, 5) is 25.6. The van der Waals surface area contributed by atoms with E-state index in [2.05, 4.69) is 10.6 Å². The van der Waals surface area contributed by atoms with E-state index in [-0.39, 0.29) is 16.4 Å². The number of rotatable bonds is 4. The van der Waals surface area contributed by atoms with E-state index in [9.17, 15) is 18.0 Å². The first-order valence-corrected chi connectivity index (χ1v) is 12.5. The molecule has 2 heterocycles. The van der Waals surface area contributed by atoms with Crippen LogP contribution in [0.4, 0.5) is 11.4 Å². The maximum Gasteiger partial charge on any atom is 0.259 e. The summed E-state index contributed by atoms with van der Waals surface area (Å²) in [5.74, 6) is 0.155. The number of para-hydroxylation sites is 2. The second-order valence-electron chi connectivity index (χ2n) is 8.21. The molecule has 0 aliphatic carbocycles. The Labute approximate surface area is 197 Å². The Kier molecular flexibility index (Phi) is 5.80. The van der Waals surface area contributed by atoms with Crippen LogP contribution in [-0.2, 0) is 10.0 Å². The van der Waals surface area contributed by atoms with Crippen LogP contribution in [0.25, 0.3) is 0 Å². The molecule has 9 heteroatoms. The van der Waals surface area contributed by atoms with Gasteiger partial charge in [0.15, 0.2) is 5.75 Å². The second-order valence-corrected chi connectivity index (χ2v) is 10.1. The highest BCUT2D eigenvalue weighted by atomic mass is 32.2. The van der Waals surface area contributed by atoms with E-state index in [1.807, 2.05) is 6.07 Å². The van der Waals surface area contributed by atoms with Crippen LogP contribution in [0.1, 0.15) is 40.0 Å². The van der Waals surface area contributed by atoms with Gasteiger partial charge in [-0.25, -0.2) is 8.42 Å². The molecule has 0 unspecified atom stereocenters. The lowest BCUT2D eigenvalue weighted by molar-refractivity contribution is 0.101. The molecule has 5 rings (SSSR count). The number of anilines is 2. The molecule has 2 aliphatic rings. The van der Waals surface area contributed by atoms with E-state index >= 15 is 0 Å². The standard InChI is InChI=1S/C25H23N3O5S/c29-24(17-8-11-19(12-9-17)34(31,32)28-14-4-1-5-15-28)26-18-10-13-22-20(16-18)25(30)27-21-6-2-3-7-23(21)33-22/h2-3,6-13,16H,1,4-5,14-15H2,(H,26,29)(H,27,30). The first-order valence-electron chi connectivity index (χ1n) is 11.1. The Bertz CT molecular complexity index is 1360. The van der Waals surface area contributed by atoms with Gasteiger partial charge in [-0.1, -0.05) is 18.6 Å². The molecule has 1 saturated heterocycles. The summed E-state index contributed by atoms with van der Waals surface area (Å²) in [7, 11) is -3.56. The summed E-state index contributed by atoms with van der Waals surface area (Å²) in [6.45, 7) is 1.04. The van der Waals surface area contributed by atoms with Gasteiger partial charge in [0.2, 0.25) is 10.0 Å². The van der Waals surface area contributed by atoms with Crippen LogP contribution < -0.4 is 15.4 Å². The fraction of sp³-hybridized carbons (Fsp3) is 0.200. The Hall–Kier alpha value is -3.69. The highest BCUT2D eigenvalue weighted by Crippen LogP contribution is 2.36. The van der Waals surface area contributed by atoms with Gasteiger partial charge in [-0.2, -0.15) is 4.31 Å². The molecule has 0 atom stereocenters. The molecule has 2 N–H and O–H groups in total. The second kappa shape index (κ2) is 8.92. The Morgan fingerprint density at radius 2 is 1.65 bits per heavy atom. The van der Waals surface area contributed by atoms with Gasteiger partial charge in [-0.3, -0.25) is 9.59 Å². The summed E-state index contributed by atoms with van der Waals surface area (Å²) in [6.07, 6.45) is 2.75. The van der Waals surface area contributed by atoms with Gasteiger partial charge in [-0.15, -0.1) is 0 Å². The highest BCUT2D eigenvalue weighted by molar-refractivity contribution is 7.89. The molecule has 8 nitrogen and oxygen atoms in total. The average molecular weight is 478 g/mol. The molecule has 34 heavy (non-hydrogen) atoms. The summed E-state index contributed by atoms with van der Waals surface area (Å²) >= 11 is 0. The van der Waals surface area contributed by atoms with Gasteiger partial charge in [0.05, 0.1) is 16.1 Å². The van der Waals surface area contributed by atoms with Crippen molar-refractivity contribution in [1.82, 2.24) is 4.31 Å². The van der Waals surface area contributed by atoms with Crippen LogP contribution in [0.2, 0.25) is 0 Å². The molecule has 2 aliphatic heterocycles. The van der Waals surface area contributed by atoms with Gasteiger partial charge in [0.1, 0.15) is 5.75 Å². The third kappa shape index (κ3) is 4.27. The highest BCUT2D eigenvalue weighted by Gasteiger charge is 2.26. The van der Waals surface area contributed by atoms with Gasteiger partial charge >= 0.3 is 0 Å². The Balaban J connectivity index is 1.32. The lowest BCUT2D eigenvalue weighted by atomic mass is 10.1. The molecule has 1 fully saturated rings. The first-order chi connectivity index (χ1) is 16.4. The zero-order chi connectivity index (χ0) is 23.7. The van der Waals surface area contributed by atoms with E-state index in [0.29, 0.717) is 41.5 Å². The first kappa shape index (κ1) is 22.1. The van der Waals surface area contributed by atoms with Crippen molar-refractivity contribution in [2.24, 2.45) is 0 Å². The number of benzene rings is 3. The lowest BCUT2D eigenvalue weighted by Gasteiger charge is -2.25. The predicted molar refractivity (Wildman–Crippen MR) is 128 cm³/mol. The number of amides is 2. The number of carbonyl (C=O) groups is 2. The number of nitrogens with one attached hydrogen (secondary N) is 2. The number of carbonyl (C=O) groups excluding carboxylic acids is 2. The Morgan fingerprint density at radius 3 is 2.41 bits per heavy atom. The van der Waals surface area contributed by atoms with Crippen LogP contribution in [-0.4, -0.2) is 37.6 Å².